The van der Waals surface area contributed by atoms with Crippen molar-refractivity contribution in [1.29, 1.82) is 0 Å². The van der Waals surface area contributed by atoms with E-state index in [0.717, 1.165) is 21.7 Å². The van der Waals surface area contributed by atoms with Gasteiger partial charge in [0.15, 0.2) is 5.13 Å². The van der Waals surface area contributed by atoms with Gasteiger partial charge in [-0.1, -0.05) is 42.0 Å². The maximum Gasteiger partial charge on any atom is 0.307 e. The van der Waals surface area contributed by atoms with Crippen LogP contribution in [0.1, 0.15) is 26.4 Å². The molecule has 0 saturated carbocycles. The molecule has 31 heavy (non-hydrogen) atoms. The molecule has 2 aromatic heterocycles. The number of aromatic nitrogens is 3. The van der Waals surface area contributed by atoms with Gasteiger partial charge in [0.1, 0.15) is 12.4 Å². The normalized spacial score (nSPS) is 10.8. The molecule has 156 valence electrons. The molecule has 0 aliphatic carbocycles. The summed E-state index contributed by atoms with van der Waals surface area (Å²) in [5.41, 5.74) is 4.25. The van der Waals surface area contributed by atoms with E-state index in [-0.39, 0.29) is 11.6 Å². The lowest BCUT2D eigenvalue weighted by molar-refractivity contribution is -0.385. The number of benzene rings is 2. The number of aryl methyl sites for hydroxylation is 2. The Morgan fingerprint density at radius 1 is 1.19 bits per heavy atom. The van der Waals surface area contributed by atoms with Crippen molar-refractivity contribution in [3.05, 3.63) is 92.6 Å². The lowest BCUT2D eigenvalue weighted by Gasteiger charge is -2.05. The molecular formula is C22H19N5O3S. The van der Waals surface area contributed by atoms with Crippen molar-refractivity contribution in [2.24, 2.45) is 0 Å². The van der Waals surface area contributed by atoms with Gasteiger partial charge in [0.2, 0.25) is 0 Å². The van der Waals surface area contributed by atoms with E-state index in [0.29, 0.717) is 17.2 Å². The van der Waals surface area contributed by atoms with E-state index in [4.69, 9.17) is 0 Å². The number of carbonyl (C=O) groups excluding carboxylic acids is 1. The summed E-state index contributed by atoms with van der Waals surface area (Å²) in [6.45, 7) is 4.33. The van der Waals surface area contributed by atoms with Gasteiger partial charge in [-0.25, -0.2) is 4.98 Å². The van der Waals surface area contributed by atoms with Crippen LogP contribution >= 0.6 is 11.3 Å². The van der Waals surface area contributed by atoms with E-state index in [9.17, 15) is 14.9 Å². The third kappa shape index (κ3) is 4.67. The number of hydrogen-bond acceptors (Lipinski definition) is 6. The molecule has 2 aromatic carbocycles. The lowest BCUT2D eigenvalue weighted by atomic mass is 10.1. The summed E-state index contributed by atoms with van der Waals surface area (Å²) in [6.07, 6.45) is 2.56. The van der Waals surface area contributed by atoms with Crippen LogP contribution in [0, 0.1) is 24.0 Å². The maximum atomic E-state index is 12.8. The monoisotopic (exact) mass is 433 g/mol. The van der Waals surface area contributed by atoms with E-state index >= 15 is 0 Å². The fraction of sp³-hybridized carbons (Fsp3) is 0.136. The first-order chi connectivity index (χ1) is 14.9. The summed E-state index contributed by atoms with van der Waals surface area (Å²) in [7, 11) is 0. The highest BCUT2D eigenvalue weighted by Gasteiger charge is 2.14. The Labute approximate surface area is 182 Å². The van der Waals surface area contributed by atoms with E-state index < -0.39 is 4.92 Å². The minimum Gasteiger partial charge on any atom is -0.298 e. The van der Waals surface area contributed by atoms with Crippen molar-refractivity contribution < 1.29 is 9.72 Å². The second-order valence-electron chi connectivity index (χ2n) is 7.10. The molecule has 0 fully saturated rings. The zero-order valence-corrected chi connectivity index (χ0v) is 17.7. The SMILES string of the molecule is Cc1ccc(-c2nc(NC(=O)c3cccc(Cn4cc([N+](=O)[O-])cn4)c3)sc2C)cc1. The van der Waals surface area contributed by atoms with Gasteiger partial charge in [0.25, 0.3) is 5.91 Å². The zero-order valence-electron chi connectivity index (χ0n) is 16.9. The highest BCUT2D eigenvalue weighted by Crippen LogP contribution is 2.30. The average molecular weight is 433 g/mol. The maximum absolute atomic E-state index is 12.8. The molecule has 9 heteroatoms. The van der Waals surface area contributed by atoms with Gasteiger partial charge < -0.3 is 0 Å². The molecule has 4 rings (SSSR count). The standard InChI is InChI=1S/C22H19N5O3S/c1-14-6-8-17(9-7-14)20-15(2)31-22(24-20)25-21(28)18-5-3-4-16(10-18)12-26-13-19(11-23-26)27(29)30/h3-11,13H,12H2,1-2H3,(H,24,25,28). The summed E-state index contributed by atoms with van der Waals surface area (Å²) in [6, 6.07) is 15.2. The Bertz CT molecular complexity index is 1260. The third-order valence-corrected chi connectivity index (χ3v) is 5.59. The highest BCUT2D eigenvalue weighted by atomic mass is 32.1. The molecule has 4 aromatic rings. The number of anilines is 1. The Hall–Kier alpha value is -3.85. The van der Waals surface area contributed by atoms with Crippen LogP contribution in [0.3, 0.4) is 0 Å². The summed E-state index contributed by atoms with van der Waals surface area (Å²) in [5.74, 6) is -0.266. The van der Waals surface area contributed by atoms with E-state index in [1.165, 1.54) is 34.0 Å². The molecule has 0 radical (unpaired) electrons. The van der Waals surface area contributed by atoms with Crippen molar-refractivity contribution in [2.75, 3.05) is 5.32 Å². The first kappa shape index (κ1) is 20.4. The van der Waals surface area contributed by atoms with Crippen molar-refractivity contribution in [1.82, 2.24) is 14.8 Å². The average Bonchev–Trinajstić information content (AvgIpc) is 3.35. The molecule has 0 unspecified atom stereocenters. The summed E-state index contributed by atoms with van der Waals surface area (Å²) in [5, 5.41) is 18.2. The highest BCUT2D eigenvalue weighted by molar-refractivity contribution is 7.16. The first-order valence-corrected chi connectivity index (χ1v) is 10.3. The number of nitro groups is 1. The van der Waals surface area contributed by atoms with Crippen LogP contribution in [0.5, 0.6) is 0 Å². The molecule has 1 N–H and O–H groups in total. The van der Waals surface area contributed by atoms with Gasteiger partial charge in [-0.05, 0) is 31.5 Å². The molecule has 0 saturated heterocycles. The molecule has 8 nitrogen and oxygen atoms in total. The molecular weight excluding hydrogens is 414 g/mol. The van der Waals surface area contributed by atoms with E-state index in [1.54, 1.807) is 18.2 Å². The summed E-state index contributed by atoms with van der Waals surface area (Å²) < 4.78 is 1.47. The number of nitrogens with one attached hydrogen (secondary N) is 1. The Balaban J connectivity index is 1.49. The third-order valence-electron chi connectivity index (χ3n) is 4.71. The van der Waals surface area contributed by atoms with Crippen molar-refractivity contribution >= 4 is 28.1 Å². The Kier molecular flexibility index (Phi) is 5.59. The quantitative estimate of drug-likeness (QED) is 0.346. The van der Waals surface area contributed by atoms with Crippen molar-refractivity contribution in [3.8, 4) is 11.3 Å². The van der Waals surface area contributed by atoms with Gasteiger partial charge in [0, 0.05) is 16.0 Å². The Morgan fingerprint density at radius 3 is 2.68 bits per heavy atom. The Morgan fingerprint density at radius 2 is 1.97 bits per heavy atom. The number of amides is 1. The van der Waals surface area contributed by atoms with Gasteiger partial charge in [-0.2, -0.15) is 5.10 Å². The molecule has 0 bridgehead atoms. The fourth-order valence-corrected chi connectivity index (χ4v) is 3.96. The second kappa shape index (κ2) is 8.49. The van der Waals surface area contributed by atoms with Crippen LogP contribution in [0.2, 0.25) is 0 Å². The number of carbonyl (C=O) groups is 1. The van der Waals surface area contributed by atoms with Gasteiger partial charge in [-0.3, -0.25) is 24.9 Å². The van der Waals surface area contributed by atoms with Crippen molar-refractivity contribution in [3.63, 3.8) is 0 Å². The summed E-state index contributed by atoms with van der Waals surface area (Å²) in [4.78, 5) is 28.7. The number of hydrogen-bond donors (Lipinski definition) is 1. The smallest absolute Gasteiger partial charge is 0.298 e. The molecule has 0 atom stereocenters. The van der Waals surface area contributed by atoms with Crippen LogP contribution < -0.4 is 5.32 Å². The van der Waals surface area contributed by atoms with Crippen LogP contribution in [0.4, 0.5) is 10.8 Å². The van der Waals surface area contributed by atoms with E-state index in [2.05, 4.69) is 15.4 Å². The number of nitrogens with zero attached hydrogens (tertiary/aromatic N) is 4. The number of thiazole rings is 1. The minimum absolute atomic E-state index is 0.0718. The molecule has 1 amide bonds. The minimum atomic E-state index is -0.492. The van der Waals surface area contributed by atoms with Crippen LogP contribution in [0.15, 0.2) is 60.9 Å². The topological polar surface area (TPSA) is 103 Å². The lowest BCUT2D eigenvalue weighted by Crippen LogP contribution is -2.12. The molecule has 2 heterocycles. The van der Waals surface area contributed by atoms with Gasteiger partial charge in [0.05, 0.1) is 17.2 Å². The molecule has 0 aliphatic rings. The second-order valence-corrected chi connectivity index (χ2v) is 8.30. The number of rotatable bonds is 6. The van der Waals surface area contributed by atoms with E-state index in [1.807, 2.05) is 44.2 Å². The van der Waals surface area contributed by atoms with Crippen LogP contribution in [-0.4, -0.2) is 25.6 Å². The predicted octanol–water partition coefficient (Wildman–Crippen LogP) is 4.83. The van der Waals surface area contributed by atoms with Crippen molar-refractivity contribution in [2.45, 2.75) is 20.4 Å². The van der Waals surface area contributed by atoms with Crippen LogP contribution in [-0.2, 0) is 6.54 Å². The van der Waals surface area contributed by atoms with Crippen LogP contribution in [0.25, 0.3) is 11.3 Å². The predicted molar refractivity (Wildman–Crippen MR) is 119 cm³/mol. The largest absolute Gasteiger partial charge is 0.307 e. The molecule has 0 spiro atoms. The first-order valence-electron chi connectivity index (χ1n) is 9.50. The summed E-state index contributed by atoms with van der Waals surface area (Å²) >= 11 is 1.43. The molecule has 0 aliphatic heterocycles. The van der Waals surface area contributed by atoms with Gasteiger partial charge >= 0.3 is 5.69 Å². The van der Waals surface area contributed by atoms with Gasteiger partial charge in [-0.15, -0.1) is 11.3 Å². The zero-order chi connectivity index (χ0) is 22.0. The fourth-order valence-electron chi connectivity index (χ4n) is 3.13.